The van der Waals surface area contributed by atoms with Crippen LogP contribution in [-0.2, 0) is 0 Å². The second-order valence-corrected chi connectivity index (χ2v) is 5.36. The van der Waals surface area contributed by atoms with Gasteiger partial charge in [0.15, 0.2) is 0 Å². The van der Waals surface area contributed by atoms with Crippen molar-refractivity contribution in [3.8, 4) is 5.69 Å². The Morgan fingerprint density at radius 1 is 0.941 bits per heavy atom. The number of fused-ring (bicyclic) bond motifs is 1. The average Bonchev–Trinajstić information content (AvgIpc) is 2.75. The minimum atomic E-state index is 0.957. The summed E-state index contributed by atoms with van der Waals surface area (Å²) >= 11 is 6.89. The molecule has 1 aromatic carbocycles. The number of nitrogens with zero attached hydrogens (tertiary/aromatic N) is 3. The van der Waals surface area contributed by atoms with E-state index in [9.17, 15) is 0 Å². The molecule has 0 bridgehead atoms. The van der Waals surface area contributed by atoms with Crippen LogP contribution < -0.4 is 0 Å². The lowest BCUT2D eigenvalue weighted by molar-refractivity contribution is 0.908. The van der Waals surface area contributed by atoms with Crippen LogP contribution in [0.15, 0.2) is 51.8 Å². The Kier molecular flexibility index (Phi) is 2.72. The highest BCUT2D eigenvalue weighted by molar-refractivity contribution is 9.11. The van der Waals surface area contributed by atoms with E-state index >= 15 is 0 Å². The highest BCUT2D eigenvalue weighted by atomic mass is 79.9. The van der Waals surface area contributed by atoms with Crippen molar-refractivity contribution in [1.29, 1.82) is 0 Å². The van der Waals surface area contributed by atoms with Gasteiger partial charge < -0.3 is 0 Å². The molecule has 2 aromatic heterocycles. The molecule has 3 aromatic rings. The Hall–Kier alpha value is -1.20. The highest BCUT2D eigenvalue weighted by Gasteiger charge is 2.07. The molecule has 2 heterocycles. The molecule has 0 saturated carbocycles. The van der Waals surface area contributed by atoms with Crippen molar-refractivity contribution in [3.05, 3.63) is 51.8 Å². The summed E-state index contributed by atoms with van der Waals surface area (Å²) in [4.78, 5) is 4.17. The fourth-order valence-corrected chi connectivity index (χ4v) is 2.39. The van der Waals surface area contributed by atoms with Crippen LogP contribution in [0.25, 0.3) is 16.6 Å². The van der Waals surface area contributed by atoms with Crippen molar-refractivity contribution in [1.82, 2.24) is 14.8 Å². The molecule has 0 spiro atoms. The van der Waals surface area contributed by atoms with E-state index < -0.39 is 0 Å². The Morgan fingerprint density at radius 2 is 1.71 bits per heavy atom. The zero-order valence-corrected chi connectivity index (χ0v) is 11.8. The van der Waals surface area contributed by atoms with Gasteiger partial charge in [-0.15, -0.1) is 0 Å². The SMILES string of the molecule is Brc1ccc(-n2ncc3c(Br)cncc32)cc1. The molecule has 5 heteroatoms. The van der Waals surface area contributed by atoms with Gasteiger partial charge in [-0.2, -0.15) is 5.10 Å². The van der Waals surface area contributed by atoms with Gasteiger partial charge >= 0.3 is 0 Å². The van der Waals surface area contributed by atoms with E-state index in [-0.39, 0.29) is 0 Å². The maximum atomic E-state index is 4.39. The summed E-state index contributed by atoms with van der Waals surface area (Å²) in [6, 6.07) is 8.01. The summed E-state index contributed by atoms with van der Waals surface area (Å²) in [6.07, 6.45) is 5.42. The first-order valence-electron chi connectivity index (χ1n) is 4.99. The van der Waals surface area contributed by atoms with Crippen LogP contribution in [0, 0.1) is 0 Å². The van der Waals surface area contributed by atoms with E-state index in [0.717, 1.165) is 25.5 Å². The van der Waals surface area contributed by atoms with Crippen LogP contribution in [0.2, 0.25) is 0 Å². The van der Waals surface area contributed by atoms with E-state index in [0.29, 0.717) is 0 Å². The predicted octanol–water partition coefficient (Wildman–Crippen LogP) is 3.95. The number of aromatic nitrogens is 3. The van der Waals surface area contributed by atoms with Gasteiger partial charge in [0.25, 0.3) is 0 Å². The van der Waals surface area contributed by atoms with Gasteiger partial charge in [0, 0.05) is 20.5 Å². The van der Waals surface area contributed by atoms with Crippen LogP contribution in [0.4, 0.5) is 0 Å². The molecule has 0 fully saturated rings. The van der Waals surface area contributed by atoms with E-state index in [1.807, 2.05) is 41.3 Å². The molecular formula is C12H7Br2N3. The van der Waals surface area contributed by atoms with E-state index in [1.165, 1.54) is 0 Å². The number of pyridine rings is 1. The van der Waals surface area contributed by atoms with Crippen molar-refractivity contribution < 1.29 is 0 Å². The molecule has 0 aliphatic rings. The first-order valence-corrected chi connectivity index (χ1v) is 6.57. The fraction of sp³-hybridized carbons (Fsp3) is 0. The Bertz CT molecular complexity index is 674. The van der Waals surface area contributed by atoms with Crippen molar-refractivity contribution in [2.24, 2.45) is 0 Å². The average molecular weight is 353 g/mol. The molecule has 0 aliphatic carbocycles. The van der Waals surface area contributed by atoms with Gasteiger partial charge in [0.2, 0.25) is 0 Å². The highest BCUT2D eigenvalue weighted by Crippen LogP contribution is 2.24. The van der Waals surface area contributed by atoms with Gasteiger partial charge in [-0.05, 0) is 40.2 Å². The van der Waals surface area contributed by atoms with Crippen molar-refractivity contribution in [3.63, 3.8) is 0 Å². The molecule has 0 saturated heterocycles. The van der Waals surface area contributed by atoms with Crippen LogP contribution in [0.1, 0.15) is 0 Å². The third kappa shape index (κ3) is 1.89. The Balaban J connectivity index is 2.24. The molecule has 17 heavy (non-hydrogen) atoms. The van der Waals surface area contributed by atoms with Crippen molar-refractivity contribution in [2.75, 3.05) is 0 Å². The zero-order valence-electron chi connectivity index (χ0n) is 8.64. The van der Waals surface area contributed by atoms with Gasteiger partial charge in [-0.25, -0.2) is 4.68 Å². The van der Waals surface area contributed by atoms with E-state index in [1.54, 1.807) is 6.20 Å². The first-order chi connectivity index (χ1) is 8.25. The number of hydrogen-bond donors (Lipinski definition) is 0. The minimum absolute atomic E-state index is 0.957. The second kappa shape index (κ2) is 4.23. The lowest BCUT2D eigenvalue weighted by Crippen LogP contribution is -1.95. The number of benzene rings is 1. The maximum Gasteiger partial charge on any atom is 0.0935 e. The first kappa shape index (κ1) is 10.9. The minimum Gasteiger partial charge on any atom is -0.261 e. The molecule has 0 amide bonds. The largest absolute Gasteiger partial charge is 0.261 e. The van der Waals surface area contributed by atoms with Crippen molar-refractivity contribution in [2.45, 2.75) is 0 Å². The maximum absolute atomic E-state index is 4.39. The second-order valence-electron chi connectivity index (χ2n) is 3.59. The van der Waals surface area contributed by atoms with E-state index in [4.69, 9.17) is 0 Å². The summed E-state index contributed by atoms with van der Waals surface area (Å²) < 4.78 is 3.88. The standard InChI is InChI=1S/C12H7Br2N3/c13-8-1-3-9(4-2-8)17-12-7-15-6-11(14)10(12)5-16-17/h1-7H. The van der Waals surface area contributed by atoms with Crippen LogP contribution in [0.3, 0.4) is 0 Å². The van der Waals surface area contributed by atoms with Gasteiger partial charge in [-0.3, -0.25) is 4.98 Å². The van der Waals surface area contributed by atoms with Gasteiger partial charge in [-0.1, -0.05) is 15.9 Å². The monoisotopic (exact) mass is 351 g/mol. The molecule has 0 atom stereocenters. The fourth-order valence-electron chi connectivity index (χ4n) is 1.70. The summed E-state index contributed by atoms with van der Waals surface area (Å²) in [5, 5.41) is 5.45. The molecule has 0 N–H and O–H groups in total. The summed E-state index contributed by atoms with van der Waals surface area (Å²) in [6.45, 7) is 0. The topological polar surface area (TPSA) is 30.7 Å². The van der Waals surface area contributed by atoms with E-state index in [2.05, 4.69) is 41.9 Å². The molecule has 3 rings (SSSR count). The normalized spacial score (nSPS) is 10.9. The van der Waals surface area contributed by atoms with Crippen LogP contribution in [-0.4, -0.2) is 14.8 Å². The molecule has 0 unspecified atom stereocenters. The lowest BCUT2D eigenvalue weighted by atomic mass is 10.3. The molecule has 0 radical (unpaired) electrons. The Morgan fingerprint density at radius 3 is 2.47 bits per heavy atom. The lowest BCUT2D eigenvalue weighted by Gasteiger charge is -2.03. The van der Waals surface area contributed by atoms with Gasteiger partial charge in [0.05, 0.1) is 23.6 Å². The third-order valence-corrected chi connectivity index (χ3v) is 3.68. The van der Waals surface area contributed by atoms with Crippen LogP contribution >= 0.6 is 31.9 Å². The number of hydrogen-bond acceptors (Lipinski definition) is 2. The molecule has 84 valence electrons. The summed E-state index contributed by atoms with van der Waals surface area (Å²) in [7, 11) is 0. The predicted molar refractivity (Wildman–Crippen MR) is 74.3 cm³/mol. The number of rotatable bonds is 1. The van der Waals surface area contributed by atoms with Crippen molar-refractivity contribution >= 4 is 42.8 Å². The summed E-state index contributed by atoms with van der Waals surface area (Å²) in [5.41, 5.74) is 2.00. The molecule has 0 aliphatic heterocycles. The zero-order chi connectivity index (χ0) is 11.8. The summed E-state index contributed by atoms with van der Waals surface area (Å²) in [5.74, 6) is 0. The Labute approximate surface area is 115 Å². The third-order valence-electron chi connectivity index (χ3n) is 2.52. The smallest absolute Gasteiger partial charge is 0.0935 e. The van der Waals surface area contributed by atoms with Gasteiger partial charge in [0.1, 0.15) is 0 Å². The molecular weight excluding hydrogens is 346 g/mol. The number of halogens is 2. The quantitative estimate of drug-likeness (QED) is 0.664. The molecule has 3 nitrogen and oxygen atoms in total. The van der Waals surface area contributed by atoms with Crippen LogP contribution in [0.5, 0.6) is 0 Å².